The second-order valence-electron chi connectivity index (χ2n) is 7.48. The van der Waals surface area contributed by atoms with E-state index in [1.54, 1.807) is 12.1 Å². The molecule has 0 saturated heterocycles. The van der Waals surface area contributed by atoms with Crippen LogP contribution in [-0.4, -0.2) is 25.1 Å². The van der Waals surface area contributed by atoms with Crippen molar-refractivity contribution in [2.24, 2.45) is 11.1 Å². The molecule has 0 bridgehead atoms. The minimum Gasteiger partial charge on any atom is -0.502 e. The lowest BCUT2D eigenvalue weighted by Gasteiger charge is -2.37. The number of aromatic hydroxyl groups is 1. The van der Waals surface area contributed by atoms with Crippen molar-refractivity contribution in [2.75, 3.05) is 14.2 Å². The molecule has 142 valence electrons. The van der Waals surface area contributed by atoms with E-state index in [4.69, 9.17) is 19.9 Å². The number of allylic oxidation sites excluding steroid dienone is 3. The molecular weight excluding hydrogens is 348 g/mol. The van der Waals surface area contributed by atoms with Gasteiger partial charge in [-0.2, -0.15) is 5.26 Å². The van der Waals surface area contributed by atoms with Gasteiger partial charge in [0.25, 0.3) is 0 Å². The van der Waals surface area contributed by atoms with Crippen molar-refractivity contribution >= 4 is 5.78 Å². The van der Waals surface area contributed by atoms with Crippen molar-refractivity contribution < 1.29 is 24.1 Å². The largest absolute Gasteiger partial charge is 0.502 e. The van der Waals surface area contributed by atoms with Gasteiger partial charge in [-0.3, -0.25) is 4.79 Å². The molecule has 1 atom stereocenters. The van der Waals surface area contributed by atoms with Gasteiger partial charge in [-0.15, -0.1) is 0 Å². The molecule has 27 heavy (non-hydrogen) atoms. The van der Waals surface area contributed by atoms with Crippen molar-refractivity contribution in [3.63, 3.8) is 0 Å². The normalized spacial score (nSPS) is 21.3. The van der Waals surface area contributed by atoms with Gasteiger partial charge in [-0.1, -0.05) is 13.8 Å². The van der Waals surface area contributed by atoms with E-state index in [1.165, 1.54) is 14.2 Å². The molecule has 7 heteroatoms. The molecule has 1 heterocycles. The maximum Gasteiger partial charge on any atom is 0.205 e. The van der Waals surface area contributed by atoms with Gasteiger partial charge in [-0.05, 0) is 23.1 Å². The number of ether oxygens (including phenoxy) is 3. The Kier molecular flexibility index (Phi) is 4.52. The molecule has 2 aliphatic rings. The van der Waals surface area contributed by atoms with Crippen LogP contribution in [0.1, 0.15) is 38.2 Å². The fourth-order valence-corrected chi connectivity index (χ4v) is 3.70. The van der Waals surface area contributed by atoms with Crippen LogP contribution in [-0.2, 0) is 9.53 Å². The van der Waals surface area contributed by atoms with Crippen LogP contribution >= 0.6 is 0 Å². The van der Waals surface area contributed by atoms with Crippen molar-refractivity contribution in [2.45, 2.75) is 32.6 Å². The van der Waals surface area contributed by atoms with Gasteiger partial charge in [0.15, 0.2) is 17.3 Å². The minimum absolute atomic E-state index is 0.0160. The summed E-state index contributed by atoms with van der Waals surface area (Å²) in [7, 11) is 2.83. The molecule has 7 nitrogen and oxygen atoms in total. The zero-order valence-corrected chi connectivity index (χ0v) is 15.8. The Morgan fingerprint density at radius 2 is 1.85 bits per heavy atom. The first-order chi connectivity index (χ1) is 12.7. The van der Waals surface area contributed by atoms with Crippen LogP contribution < -0.4 is 15.2 Å². The standard InChI is InChI=1S/C20H22N2O5/c1-20(2)7-12(23)17-15(8-20)27-19(22)11(9-21)16(17)10-5-13(25-3)18(24)14(6-10)26-4/h5-6,16,24H,7-8,22H2,1-4H3. The van der Waals surface area contributed by atoms with E-state index in [0.29, 0.717) is 29.7 Å². The van der Waals surface area contributed by atoms with Crippen molar-refractivity contribution in [1.29, 1.82) is 5.26 Å². The summed E-state index contributed by atoms with van der Waals surface area (Å²) in [4.78, 5) is 12.9. The highest BCUT2D eigenvalue weighted by atomic mass is 16.5. The van der Waals surface area contributed by atoms with Crippen LogP contribution in [0.25, 0.3) is 0 Å². The summed E-state index contributed by atoms with van der Waals surface area (Å²) in [5, 5.41) is 19.9. The molecule has 1 aliphatic carbocycles. The molecule has 1 aromatic carbocycles. The van der Waals surface area contributed by atoms with E-state index in [0.717, 1.165) is 0 Å². The van der Waals surface area contributed by atoms with Gasteiger partial charge < -0.3 is 25.1 Å². The third-order valence-corrected chi connectivity index (χ3v) is 4.91. The summed E-state index contributed by atoms with van der Waals surface area (Å²) in [6.45, 7) is 3.97. The number of ketones is 1. The van der Waals surface area contributed by atoms with Crippen molar-refractivity contribution in [1.82, 2.24) is 0 Å². The Hall–Kier alpha value is -3.14. The number of carbonyl (C=O) groups excluding carboxylic acids is 1. The molecule has 0 fully saturated rings. The summed E-state index contributed by atoms with van der Waals surface area (Å²) in [6, 6.07) is 5.22. The van der Waals surface area contributed by atoms with E-state index in [9.17, 15) is 15.2 Å². The number of rotatable bonds is 3. The number of hydrogen-bond donors (Lipinski definition) is 2. The topological polar surface area (TPSA) is 115 Å². The van der Waals surface area contributed by atoms with Crippen molar-refractivity contribution in [3.05, 3.63) is 40.5 Å². The number of carbonyl (C=O) groups is 1. The average molecular weight is 370 g/mol. The lowest BCUT2D eigenvalue weighted by atomic mass is 9.70. The van der Waals surface area contributed by atoms with Gasteiger partial charge in [0.05, 0.1) is 20.1 Å². The number of phenols is 1. The minimum atomic E-state index is -0.703. The van der Waals surface area contributed by atoms with Crippen LogP contribution in [0, 0.1) is 16.7 Å². The SMILES string of the molecule is COc1cc(C2C(C#N)=C(N)OC3=C2C(=O)CC(C)(C)C3)cc(OC)c1O. The smallest absolute Gasteiger partial charge is 0.205 e. The molecule has 0 amide bonds. The Balaban J connectivity index is 2.25. The molecule has 0 spiro atoms. The monoisotopic (exact) mass is 370 g/mol. The second kappa shape index (κ2) is 6.54. The Morgan fingerprint density at radius 3 is 2.37 bits per heavy atom. The zero-order valence-electron chi connectivity index (χ0n) is 15.8. The van der Waals surface area contributed by atoms with Crippen LogP contribution in [0.4, 0.5) is 0 Å². The van der Waals surface area contributed by atoms with Crippen LogP contribution in [0.3, 0.4) is 0 Å². The summed E-state index contributed by atoms with van der Waals surface area (Å²) in [5.74, 6) is -0.115. The molecule has 1 unspecified atom stereocenters. The summed E-state index contributed by atoms with van der Waals surface area (Å²) in [6.07, 6.45) is 0.882. The molecule has 0 aromatic heterocycles. The fourth-order valence-electron chi connectivity index (χ4n) is 3.70. The zero-order chi connectivity index (χ0) is 19.9. The third-order valence-electron chi connectivity index (χ3n) is 4.91. The number of methoxy groups -OCH3 is 2. The molecule has 3 N–H and O–H groups in total. The molecule has 0 radical (unpaired) electrons. The van der Waals surface area contributed by atoms with Gasteiger partial charge in [0.1, 0.15) is 17.4 Å². The first kappa shape index (κ1) is 18.6. The molecular formula is C20H22N2O5. The highest BCUT2D eigenvalue weighted by Crippen LogP contribution is 2.50. The van der Waals surface area contributed by atoms with Gasteiger partial charge in [-0.25, -0.2) is 0 Å². The predicted molar refractivity (Wildman–Crippen MR) is 96.9 cm³/mol. The van der Waals surface area contributed by atoms with E-state index >= 15 is 0 Å². The fraction of sp³-hybridized carbons (Fsp3) is 0.400. The maximum atomic E-state index is 12.9. The summed E-state index contributed by atoms with van der Waals surface area (Å²) < 4.78 is 16.1. The highest BCUT2D eigenvalue weighted by Gasteiger charge is 2.43. The van der Waals surface area contributed by atoms with Gasteiger partial charge in [0, 0.05) is 18.4 Å². The number of phenolic OH excluding ortho intramolecular Hbond substituents is 1. The number of nitrogens with two attached hydrogens (primary N) is 1. The molecule has 0 saturated carbocycles. The Bertz CT molecular complexity index is 896. The Labute approximate surface area is 157 Å². The van der Waals surface area contributed by atoms with E-state index in [2.05, 4.69) is 6.07 Å². The van der Waals surface area contributed by atoms with E-state index in [1.807, 2.05) is 13.8 Å². The van der Waals surface area contributed by atoms with Crippen LogP contribution in [0.15, 0.2) is 34.9 Å². The first-order valence-electron chi connectivity index (χ1n) is 8.51. The number of nitrogens with zero attached hydrogens (tertiary/aromatic N) is 1. The summed E-state index contributed by atoms with van der Waals surface area (Å²) in [5.41, 5.74) is 6.89. The quantitative estimate of drug-likeness (QED) is 0.840. The predicted octanol–water partition coefficient (Wildman–Crippen LogP) is 2.86. The van der Waals surface area contributed by atoms with Gasteiger partial charge >= 0.3 is 0 Å². The lowest BCUT2D eigenvalue weighted by molar-refractivity contribution is -0.119. The number of nitriles is 1. The third kappa shape index (κ3) is 3.08. The number of benzene rings is 1. The second-order valence-corrected chi connectivity index (χ2v) is 7.48. The lowest BCUT2D eigenvalue weighted by Crippen LogP contribution is -2.33. The summed E-state index contributed by atoms with van der Waals surface area (Å²) >= 11 is 0. The maximum absolute atomic E-state index is 12.9. The van der Waals surface area contributed by atoms with E-state index in [-0.39, 0.29) is 39.9 Å². The van der Waals surface area contributed by atoms with E-state index < -0.39 is 5.92 Å². The average Bonchev–Trinajstić information content (AvgIpc) is 2.59. The Morgan fingerprint density at radius 1 is 1.26 bits per heavy atom. The number of hydrogen-bond acceptors (Lipinski definition) is 7. The van der Waals surface area contributed by atoms with Crippen LogP contribution in [0.2, 0.25) is 0 Å². The van der Waals surface area contributed by atoms with Gasteiger partial charge in [0.2, 0.25) is 11.6 Å². The number of Topliss-reactive ketones (excluding diaryl/α,β-unsaturated/α-hetero) is 1. The molecule has 3 rings (SSSR count). The highest BCUT2D eigenvalue weighted by molar-refractivity contribution is 6.00. The van der Waals surface area contributed by atoms with Crippen LogP contribution in [0.5, 0.6) is 17.2 Å². The molecule has 1 aliphatic heterocycles. The first-order valence-corrected chi connectivity index (χ1v) is 8.51. The van der Waals surface area contributed by atoms with Crippen molar-refractivity contribution in [3.8, 4) is 23.3 Å². The molecule has 1 aromatic rings.